The van der Waals surface area contributed by atoms with E-state index in [0.29, 0.717) is 0 Å². The van der Waals surface area contributed by atoms with Gasteiger partial charge in [-0.25, -0.2) is 4.79 Å². The minimum atomic E-state index is -5.40. The van der Waals surface area contributed by atoms with E-state index in [9.17, 15) is 38.0 Å². The molecule has 3 atom stereocenters. The number of aliphatic hydroxyl groups is 1. The average Bonchev–Trinajstić information content (AvgIpc) is 2.67. The van der Waals surface area contributed by atoms with Crippen LogP contribution in [0.1, 0.15) is 22.0 Å². The molecule has 1 aliphatic heterocycles. The van der Waals surface area contributed by atoms with Gasteiger partial charge in [-0.05, 0) is 5.56 Å². The Balaban J connectivity index is 2.18. The van der Waals surface area contributed by atoms with Crippen LogP contribution in [0.4, 0.5) is 23.7 Å². The third-order valence-corrected chi connectivity index (χ3v) is 4.59. The Morgan fingerprint density at radius 1 is 1.14 bits per heavy atom. The molecular formula is C18H14F3N3O5. The Morgan fingerprint density at radius 2 is 1.79 bits per heavy atom. The summed E-state index contributed by atoms with van der Waals surface area (Å²) in [6, 6.07) is 8.36. The predicted octanol–water partition coefficient (Wildman–Crippen LogP) is 2.70. The Hall–Kier alpha value is -3.47. The molecule has 152 valence electrons. The summed E-state index contributed by atoms with van der Waals surface area (Å²) in [5, 5.41) is 25.0. The molecule has 0 radical (unpaired) electrons. The van der Waals surface area contributed by atoms with Crippen molar-refractivity contribution >= 4 is 17.5 Å². The number of nitrogens with zero attached hydrogens (tertiary/aromatic N) is 1. The van der Waals surface area contributed by atoms with E-state index >= 15 is 0 Å². The number of nitro groups is 1. The summed E-state index contributed by atoms with van der Waals surface area (Å²) in [5.41, 5.74) is -4.60. The standard InChI is InChI=1S/C18H14F3N3O5/c19-18(20,21)17(27)13(15(25)10-5-2-1-3-6-10)14(22-16(26)23-17)11-7-4-8-12(9-11)24(28)29/h1-9,13-14,27H,(H2,22,23,26)/t13-,14-,17-/m1/s1. The highest BCUT2D eigenvalue weighted by atomic mass is 19.4. The van der Waals surface area contributed by atoms with Crippen LogP contribution in [-0.4, -0.2) is 33.7 Å². The van der Waals surface area contributed by atoms with Crippen LogP contribution in [0.3, 0.4) is 0 Å². The average molecular weight is 409 g/mol. The predicted molar refractivity (Wildman–Crippen MR) is 92.8 cm³/mol. The molecule has 2 aromatic carbocycles. The molecule has 1 fully saturated rings. The van der Waals surface area contributed by atoms with Gasteiger partial charge in [0, 0.05) is 17.7 Å². The maximum absolute atomic E-state index is 13.8. The molecule has 3 N–H and O–H groups in total. The van der Waals surface area contributed by atoms with Gasteiger partial charge in [0.1, 0.15) is 5.92 Å². The smallest absolute Gasteiger partial charge is 0.363 e. The lowest BCUT2D eigenvalue weighted by Gasteiger charge is -2.45. The number of halogens is 3. The number of hydrogen-bond acceptors (Lipinski definition) is 5. The number of amides is 2. The lowest BCUT2D eigenvalue weighted by Crippen LogP contribution is -2.72. The third-order valence-electron chi connectivity index (χ3n) is 4.59. The number of carbonyl (C=O) groups excluding carboxylic acids is 2. The van der Waals surface area contributed by atoms with Crippen LogP contribution in [-0.2, 0) is 0 Å². The van der Waals surface area contributed by atoms with E-state index in [1.807, 2.05) is 0 Å². The molecule has 2 aromatic rings. The summed E-state index contributed by atoms with van der Waals surface area (Å²) in [4.78, 5) is 35.2. The molecule has 1 aliphatic rings. The number of hydrogen-bond donors (Lipinski definition) is 3. The Labute approximate surface area is 161 Å². The maximum Gasteiger partial charge on any atom is 0.437 e. The van der Waals surface area contributed by atoms with E-state index in [0.717, 1.165) is 12.1 Å². The van der Waals surface area contributed by atoms with Gasteiger partial charge in [0.2, 0.25) is 5.72 Å². The highest BCUT2D eigenvalue weighted by Gasteiger charge is 2.66. The van der Waals surface area contributed by atoms with Crippen molar-refractivity contribution in [1.82, 2.24) is 10.6 Å². The van der Waals surface area contributed by atoms with Gasteiger partial charge in [-0.1, -0.05) is 42.5 Å². The molecule has 29 heavy (non-hydrogen) atoms. The first kappa shape index (κ1) is 20.3. The summed E-state index contributed by atoms with van der Waals surface area (Å²) < 4.78 is 41.3. The molecule has 3 rings (SSSR count). The second-order valence-corrected chi connectivity index (χ2v) is 6.40. The van der Waals surface area contributed by atoms with Crippen molar-refractivity contribution in [3.63, 3.8) is 0 Å². The number of alkyl halides is 3. The Bertz CT molecular complexity index is 967. The molecular weight excluding hydrogens is 395 g/mol. The van der Waals surface area contributed by atoms with E-state index in [4.69, 9.17) is 0 Å². The molecule has 11 heteroatoms. The number of benzene rings is 2. The van der Waals surface area contributed by atoms with Gasteiger partial charge in [0.05, 0.1) is 11.0 Å². The van der Waals surface area contributed by atoms with Crippen molar-refractivity contribution in [3.8, 4) is 0 Å². The largest absolute Gasteiger partial charge is 0.437 e. The van der Waals surface area contributed by atoms with Crippen molar-refractivity contribution in [2.24, 2.45) is 5.92 Å². The summed E-state index contributed by atoms with van der Waals surface area (Å²) in [5.74, 6) is -3.35. The molecule has 0 bridgehead atoms. The normalized spacial score (nSPS) is 24.3. The van der Waals surface area contributed by atoms with Crippen LogP contribution in [0.25, 0.3) is 0 Å². The number of Topliss-reactive ketones (excluding diaryl/α,β-unsaturated/α-hetero) is 1. The number of rotatable bonds is 4. The van der Waals surface area contributed by atoms with Crippen molar-refractivity contribution in [2.75, 3.05) is 0 Å². The van der Waals surface area contributed by atoms with Crippen molar-refractivity contribution in [2.45, 2.75) is 17.9 Å². The molecule has 0 spiro atoms. The number of nitro benzene ring substituents is 1. The zero-order valence-electron chi connectivity index (χ0n) is 14.5. The Kier molecular flexibility index (Phi) is 5.01. The van der Waals surface area contributed by atoms with E-state index in [-0.39, 0.29) is 11.1 Å². The van der Waals surface area contributed by atoms with Crippen LogP contribution < -0.4 is 10.6 Å². The lowest BCUT2D eigenvalue weighted by atomic mass is 9.77. The summed E-state index contributed by atoms with van der Waals surface area (Å²) in [6.45, 7) is 0. The first-order valence-corrected chi connectivity index (χ1v) is 8.26. The van der Waals surface area contributed by atoms with E-state index < -0.39 is 46.3 Å². The van der Waals surface area contributed by atoms with Gasteiger partial charge >= 0.3 is 12.2 Å². The van der Waals surface area contributed by atoms with Crippen molar-refractivity contribution in [3.05, 3.63) is 75.8 Å². The van der Waals surface area contributed by atoms with E-state index in [1.165, 1.54) is 41.7 Å². The van der Waals surface area contributed by atoms with Gasteiger partial charge in [0.25, 0.3) is 5.69 Å². The monoisotopic (exact) mass is 409 g/mol. The molecule has 0 aliphatic carbocycles. The molecule has 0 unspecified atom stereocenters. The van der Waals surface area contributed by atoms with Gasteiger partial charge in [0.15, 0.2) is 5.78 Å². The number of non-ortho nitro benzene ring substituents is 1. The van der Waals surface area contributed by atoms with Gasteiger partial charge in [-0.15, -0.1) is 0 Å². The molecule has 1 heterocycles. The molecule has 0 aromatic heterocycles. The van der Waals surface area contributed by atoms with Crippen molar-refractivity contribution in [1.29, 1.82) is 0 Å². The van der Waals surface area contributed by atoms with Crippen LogP contribution in [0, 0.1) is 16.0 Å². The molecule has 0 saturated carbocycles. The molecule has 2 amide bonds. The molecule has 8 nitrogen and oxygen atoms in total. The van der Waals surface area contributed by atoms with Crippen LogP contribution >= 0.6 is 0 Å². The fraction of sp³-hybridized carbons (Fsp3) is 0.222. The fourth-order valence-corrected chi connectivity index (χ4v) is 3.23. The number of ketones is 1. The summed E-state index contributed by atoms with van der Waals surface area (Å²) in [6.07, 6.45) is -5.40. The van der Waals surface area contributed by atoms with Crippen molar-refractivity contribution < 1.29 is 32.8 Å². The minimum Gasteiger partial charge on any atom is -0.363 e. The third kappa shape index (κ3) is 3.63. The maximum atomic E-state index is 13.8. The van der Waals surface area contributed by atoms with Crippen LogP contribution in [0.15, 0.2) is 54.6 Å². The lowest BCUT2D eigenvalue weighted by molar-refractivity contribution is -0.385. The van der Waals surface area contributed by atoms with Gasteiger partial charge in [-0.3, -0.25) is 14.9 Å². The fourth-order valence-electron chi connectivity index (χ4n) is 3.23. The second-order valence-electron chi connectivity index (χ2n) is 6.40. The number of carbonyl (C=O) groups is 2. The topological polar surface area (TPSA) is 122 Å². The minimum absolute atomic E-state index is 0.131. The number of nitrogens with one attached hydrogen (secondary N) is 2. The molecule has 1 saturated heterocycles. The highest BCUT2D eigenvalue weighted by molar-refractivity contribution is 6.00. The quantitative estimate of drug-likeness (QED) is 0.407. The zero-order chi connectivity index (χ0) is 21.4. The second kappa shape index (κ2) is 7.17. The summed E-state index contributed by atoms with van der Waals surface area (Å²) in [7, 11) is 0. The Morgan fingerprint density at radius 3 is 2.38 bits per heavy atom. The zero-order valence-corrected chi connectivity index (χ0v) is 14.5. The summed E-state index contributed by atoms with van der Waals surface area (Å²) >= 11 is 0. The first-order chi connectivity index (χ1) is 13.5. The van der Waals surface area contributed by atoms with Gasteiger partial charge in [-0.2, -0.15) is 13.2 Å². The first-order valence-electron chi connectivity index (χ1n) is 8.26. The SMILES string of the molecule is O=C1N[C@H](c2cccc([N+](=O)[O-])c2)[C@H](C(=O)c2ccccc2)[C@@](O)(C(F)(F)F)N1. The highest BCUT2D eigenvalue weighted by Crippen LogP contribution is 2.44. The van der Waals surface area contributed by atoms with Crippen LogP contribution in [0.2, 0.25) is 0 Å². The van der Waals surface area contributed by atoms with E-state index in [1.54, 1.807) is 6.07 Å². The number of urea groups is 1. The van der Waals surface area contributed by atoms with Crippen LogP contribution in [0.5, 0.6) is 0 Å². The van der Waals surface area contributed by atoms with E-state index in [2.05, 4.69) is 5.32 Å². The van der Waals surface area contributed by atoms with Gasteiger partial charge < -0.3 is 15.7 Å².